The maximum Gasteiger partial charge on any atom is 0.108 e. The molecule has 20 heavy (non-hydrogen) atoms. The van der Waals surface area contributed by atoms with Gasteiger partial charge in [0.2, 0.25) is 0 Å². The van der Waals surface area contributed by atoms with E-state index in [1.54, 1.807) is 0 Å². The Morgan fingerprint density at radius 2 is 2.00 bits per heavy atom. The van der Waals surface area contributed by atoms with Crippen LogP contribution in [0.4, 0.5) is 0 Å². The highest BCUT2D eigenvalue weighted by Crippen LogP contribution is 2.50. The van der Waals surface area contributed by atoms with Gasteiger partial charge in [-0.15, -0.1) is 0 Å². The molecule has 110 valence electrons. The second-order valence-electron chi connectivity index (χ2n) is 6.52. The molecule has 0 heterocycles. The maximum atomic E-state index is 10.7. The first-order chi connectivity index (χ1) is 9.78. The summed E-state index contributed by atoms with van der Waals surface area (Å²) in [7, 11) is 0. The molecule has 2 saturated carbocycles. The number of fused-ring (bicyclic) bond motifs is 2. The summed E-state index contributed by atoms with van der Waals surface area (Å²) in [5.41, 5.74) is 1.10. The summed E-state index contributed by atoms with van der Waals surface area (Å²) in [4.78, 5) is 0. The molecule has 0 aliphatic heterocycles. The molecule has 0 aromatic heterocycles. The average molecular weight is 274 g/mol. The molecule has 5 atom stereocenters. The van der Waals surface area contributed by atoms with Crippen LogP contribution >= 0.6 is 0 Å². The number of ether oxygens (including phenoxy) is 1. The van der Waals surface area contributed by atoms with Gasteiger partial charge in [0, 0.05) is 6.61 Å². The Balaban J connectivity index is 1.65. The van der Waals surface area contributed by atoms with Crippen molar-refractivity contribution in [1.29, 1.82) is 0 Å². The Kier molecular flexibility index (Phi) is 4.42. The molecular formula is C18H26O2. The number of benzene rings is 1. The van der Waals surface area contributed by atoms with Crippen LogP contribution in [0.25, 0.3) is 0 Å². The first-order valence-corrected chi connectivity index (χ1v) is 8.12. The van der Waals surface area contributed by atoms with Crippen molar-refractivity contribution in [3.8, 4) is 0 Å². The fraction of sp³-hybridized carbons (Fsp3) is 0.667. The third kappa shape index (κ3) is 2.91. The van der Waals surface area contributed by atoms with Gasteiger partial charge in [-0.25, -0.2) is 0 Å². The molecular weight excluding hydrogens is 248 g/mol. The van der Waals surface area contributed by atoms with Crippen LogP contribution in [0.1, 0.15) is 50.7 Å². The van der Waals surface area contributed by atoms with Gasteiger partial charge >= 0.3 is 0 Å². The molecule has 2 fully saturated rings. The topological polar surface area (TPSA) is 29.5 Å². The van der Waals surface area contributed by atoms with Crippen molar-refractivity contribution in [1.82, 2.24) is 0 Å². The lowest BCUT2D eigenvalue weighted by atomic mass is 9.83. The van der Waals surface area contributed by atoms with Crippen molar-refractivity contribution in [2.24, 2.45) is 17.8 Å². The van der Waals surface area contributed by atoms with Crippen molar-refractivity contribution in [3.63, 3.8) is 0 Å². The highest BCUT2D eigenvalue weighted by atomic mass is 16.5. The Morgan fingerprint density at radius 3 is 2.60 bits per heavy atom. The summed E-state index contributed by atoms with van der Waals surface area (Å²) in [5.74, 6) is 2.53. The lowest BCUT2D eigenvalue weighted by molar-refractivity contribution is -0.0470. The second-order valence-corrected chi connectivity index (χ2v) is 6.52. The SMILES string of the molecule is CCOC(c1ccccc1)C(O)CC1CC2CCC1C2. The van der Waals surface area contributed by atoms with E-state index in [1.165, 1.54) is 25.7 Å². The molecule has 1 aromatic rings. The summed E-state index contributed by atoms with van der Waals surface area (Å²) < 4.78 is 5.83. The van der Waals surface area contributed by atoms with Crippen LogP contribution in [-0.2, 0) is 4.74 Å². The van der Waals surface area contributed by atoms with Crippen LogP contribution < -0.4 is 0 Å². The van der Waals surface area contributed by atoms with Crippen LogP contribution in [0.5, 0.6) is 0 Å². The number of aliphatic hydroxyl groups excluding tert-OH is 1. The fourth-order valence-electron chi connectivity index (χ4n) is 4.35. The monoisotopic (exact) mass is 274 g/mol. The minimum absolute atomic E-state index is 0.166. The van der Waals surface area contributed by atoms with Gasteiger partial charge in [-0.1, -0.05) is 36.8 Å². The Morgan fingerprint density at radius 1 is 1.20 bits per heavy atom. The predicted molar refractivity (Wildman–Crippen MR) is 80.4 cm³/mol. The van der Waals surface area contributed by atoms with Gasteiger partial charge in [-0.05, 0) is 55.9 Å². The summed E-state index contributed by atoms with van der Waals surface area (Å²) >= 11 is 0. The molecule has 0 radical (unpaired) electrons. The van der Waals surface area contributed by atoms with Gasteiger partial charge in [0.15, 0.2) is 0 Å². The van der Waals surface area contributed by atoms with Crippen molar-refractivity contribution >= 4 is 0 Å². The third-order valence-corrected chi connectivity index (χ3v) is 5.25. The molecule has 1 aromatic carbocycles. The Labute approximate surface area is 122 Å². The molecule has 1 N–H and O–H groups in total. The van der Waals surface area contributed by atoms with Crippen LogP contribution in [0.15, 0.2) is 30.3 Å². The van der Waals surface area contributed by atoms with E-state index in [-0.39, 0.29) is 12.2 Å². The van der Waals surface area contributed by atoms with E-state index in [0.29, 0.717) is 6.61 Å². The zero-order valence-electron chi connectivity index (χ0n) is 12.4. The zero-order valence-corrected chi connectivity index (χ0v) is 12.4. The van der Waals surface area contributed by atoms with Crippen molar-refractivity contribution in [2.75, 3.05) is 6.61 Å². The van der Waals surface area contributed by atoms with E-state index in [9.17, 15) is 5.11 Å². The molecule has 2 heteroatoms. The second kappa shape index (κ2) is 6.28. The van der Waals surface area contributed by atoms with Crippen molar-refractivity contribution in [2.45, 2.75) is 51.2 Å². The highest BCUT2D eigenvalue weighted by molar-refractivity contribution is 5.18. The lowest BCUT2D eigenvalue weighted by Crippen LogP contribution is -2.26. The van der Waals surface area contributed by atoms with E-state index >= 15 is 0 Å². The van der Waals surface area contributed by atoms with Gasteiger partial charge in [-0.3, -0.25) is 0 Å². The van der Waals surface area contributed by atoms with Crippen molar-refractivity contribution < 1.29 is 9.84 Å². The molecule has 0 saturated heterocycles. The summed E-state index contributed by atoms with van der Waals surface area (Å²) in [6.45, 7) is 2.65. The number of rotatable bonds is 6. The first kappa shape index (κ1) is 14.1. The molecule has 3 rings (SSSR count). The number of hydrogen-bond donors (Lipinski definition) is 1. The average Bonchev–Trinajstić information content (AvgIpc) is 3.08. The molecule has 0 spiro atoms. The molecule has 5 unspecified atom stereocenters. The lowest BCUT2D eigenvalue weighted by Gasteiger charge is -2.29. The molecule has 0 amide bonds. The van der Waals surface area contributed by atoms with Gasteiger partial charge in [0.25, 0.3) is 0 Å². The minimum Gasteiger partial charge on any atom is -0.390 e. The highest BCUT2D eigenvalue weighted by Gasteiger charge is 2.41. The largest absolute Gasteiger partial charge is 0.390 e. The normalized spacial score (nSPS) is 31.4. The maximum absolute atomic E-state index is 10.7. The first-order valence-electron chi connectivity index (χ1n) is 8.12. The van der Waals surface area contributed by atoms with Crippen LogP contribution in [-0.4, -0.2) is 17.8 Å². The van der Waals surface area contributed by atoms with E-state index < -0.39 is 0 Å². The number of hydrogen-bond acceptors (Lipinski definition) is 2. The minimum atomic E-state index is -0.373. The van der Waals surface area contributed by atoms with Gasteiger partial charge in [0.05, 0.1) is 6.10 Å². The third-order valence-electron chi connectivity index (χ3n) is 5.25. The quantitative estimate of drug-likeness (QED) is 0.851. The molecule has 2 aliphatic rings. The fourth-order valence-corrected chi connectivity index (χ4v) is 4.35. The molecule has 2 bridgehead atoms. The van der Waals surface area contributed by atoms with E-state index in [0.717, 1.165) is 29.7 Å². The van der Waals surface area contributed by atoms with E-state index in [2.05, 4.69) is 12.1 Å². The zero-order chi connectivity index (χ0) is 13.9. The van der Waals surface area contributed by atoms with Gasteiger partial charge < -0.3 is 9.84 Å². The summed E-state index contributed by atoms with van der Waals surface area (Å²) in [6.07, 6.45) is 5.90. The smallest absolute Gasteiger partial charge is 0.108 e. The Hall–Kier alpha value is -0.860. The van der Waals surface area contributed by atoms with Crippen LogP contribution in [0.2, 0.25) is 0 Å². The summed E-state index contributed by atoms with van der Waals surface area (Å²) in [6, 6.07) is 10.2. The van der Waals surface area contributed by atoms with Crippen LogP contribution in [0, 0.1) is 17.8 Å². The van der Waals surface area contributed by atoms with Gasteiger partial charge in [-0.2, -0.15) is 0 Å². The van der Waals surface area contributed by atoms with E-state index in [1.807, 2.05) is 25.1 Å². The van der Waals surface area contributed by atoms with Crippen molar-refractivity contribution in [3.05, 3.63) is 35.9 Å². The summed E-state index contributed by atoms with van der Waals surface area (Å²) in [5, 5.41) is 10.7. The predicted octanol–water partition coefficient (Wildman–Crippen LogP) is 3.95. The Bertz CT molecular complexity index is 417. The van der Waals surface area contributed by atoms with Gasteiger partial charge in [0.1, 0.15) is 6.10 Å². The van der Waals surface area contributed by atoms with Crippen LogP contribution in [0.3, 0.4) is 0 Å². The molecule has 2 nitrogen and oxygen atoms in total. The van der Waals surface area contributed by atoms with E-state index in [4.69, 9.17) is 4.74 Å². The standard InChI is InChI=1S/C18H26O2/c1-2-20-18(14-6-4-3-5-7-14)17(19)12-16-11-13-8-9-15(16)10-13/h3-7,13,15-19H,2,8-12H2,1H3. The molecule has 2 aliphatic carbocycles. The number of aliphatic hydroxyl groups is 1.